The molecule has 0 amide bonds. The van der Waals surface area contributed by atoms with Crippen molar-refractivity contribution in [3.8, 4) is 0 Å². The van der Waals surface area contributed by atoms with Gasteiger partial charge in [-0.2, -0.15) is 0 Å². The van der Waals surface area contributed by atoms with Crippen molar-refractivity contribution in [2.45, 2.75) is 52.0 Å². The van der Waals surface area contributed by atoms with Gasteiger partial charge in [-0.3, -0.25) is 0 Å². The zero-order chi connectivity index (χ0) is 14.8. The molecule has 0 unspecified atom stereocenters. The Bertz CT molecular complexity index is 627. The minimum atomic E-state index is 0.571. The van der Waals surface area contributed by atoms with Crippen LogP contribution < -0.4 is 5.32 Å². The van der Waals surface area contributed by atoms with Gasteiger partial charge in [0.05, 0.1) is 5.69 Å². The molecular formula is C17H22ClN3. The first-order chi connectivity index (χ1) is 10.1. The van der Waals surface area contributed by atoms with Gasteiger partial charge in [0.2, 0.25) is 5.95 Å². The zero-order valence-electron chi connectivity index (χ0n) is 12.7. The van der Waals surface area contributed by atoms with E-state index in [0.717, 1.165) is 22.4 Å². The van der Waals surface area contributed by atoms with Crippen LogP contribution in [0.25, 0.3) is 0 Å². The second-order valence-corrected chi connectivity index (χ2v) is 6.43. The van der Waals surface area contributed by atoms with E-state index in [2.05, 4.69) is 34.9 Å². The SMILES string of the molecule is Cc1cn(C2CCCCC2)c(Nc2cc(Cl)ccc2C)n1. The maximum Gasteiger partial charge on any atom is 0.207 e. The molecule has 1 aliphatic carbocycles. The van der Waals surface area contributed by atoms with Crippen LogP contribution in [0.5, 0.6) is 0 Å². The Labute approximate surface area is 131 Å². The number of halogens is 1. The zero-order valence-corrected chi connectivity index (χ0v) is 13.5. The molecule has 0 bridgehead atoms. The number of imidazole rings is 1. The molecule has 1 saturated carbocycles. The molecule has 2 aromatic rings. The van der Waals surface area contributed by atoms with Gasteiger partial charge in [-0.05, 0) is 44.4 Å². The van der Waals surface area contributed by atoms with Gasteiger partial charge < -0.3 is 9.88 Å². The maximum absolute atomic E-state index is 6.11. The van der Waals surface area contributed by atoms with Gasteiger partial charge in [0.1, 0.15) is 0 Å². The Morgan fingerprint density at radius 1 is 1.19 bits per heavy atom. The van der Waals surface area contributed by atoms with Crippen molar-refractivity contribution in [1.82, 2.24) is 9.55 Å². The lowest BCUT2D eigenvalue weighted by Gasteiger charge is -2.25. The molecular weight excluding hydrogens is 282 g/mol. The molecule has 1 aromatic heterocycles. The van der Waals surface area contributed by atoms with Gasteiger partial charge in [-0.15, -0.1) is 0 Å². The van der Waals surface area contributed by atoms with Crippen LogP contribution in [0.15, 0.2) is 24.4 Å². The van der Waals surface area contributed by atoms with E-state index >= 15 is 0 Å². The van der Waals surface area contributed by atoms with E-state index < -0.39 is 0 Å². The lowest BCUT2D eigenvalue weighted by molar-refractivity contribution is 0.356. The van der Waals surface area contributed by atoms with Crippen LogP contribution >= 0.6 is 11.6 Å². The summed E-state index contributed by atoms with van der Waals surface area (Å²) in [5, 5.41) is 4.21. The maximum atomic E-state index is 6.11. The van der Waals surface area contributed by atoms with Gasteiger partial charge in [0.25, 0.3) is 0 Å². The lowest BCUT2D eigenvalue weighted by atomic mass is 9.95. The average Bonchev–Trinajstić information content (AvgIpc) is 2.85. The molecule has 4 heteroatoms. The van der Waals surface area contributed by atoms with Crippen LogP contribution in [0.1, 0.15) is 49.4 Å². The highest BCUT2D eigenvalue weighted by atomic mass is 35.5. The highest BCUT2D eigenvalue weighted by molar-refractivity contribution is 6.30. The van der Waals surface area contributed by atoms with Gasteiger partial charge in [0, 0.05) is 22.9 Å². The first kappa shape index (κ1) is 14.5. The average molecular weight is 304 g/mol. The standard InChI is InChI=1S/C17H22ClN3/c1-12-8-9-14(18)10-16(12)20-17-19-13(2)11-21(17)15-6-4-3-5-7-15/h8-11,15H,3-7H2,1-2H3,(H,19,20). The summed E-state index contributed by atoms with van der Waals surface area (Å²) in [6.07, 6.45) is 8.66. The number of hydrogen-bond acceptors (Lipinski definition) is 2. The predicted octanol–water partition coefficient (Wildman–Crippen LogP) is 5.40. The molecule has 1 heterocycles. The van der Waals surface area contributed by atoms with Crippen LogP contribution in [0, 0.1) is 13.8 Å². The Morgan fingerprint density at radius 2 is 1.95 bits per heavy atom. The summed E-state index contributed by atoms with van der Waals surface area (Å²) in [4.78, 5) is 4.66. The molecule has 0 aliphatic heterocycles. The predicted molar refractivity (Wildman–Crippen MR) is 88.6 cm³/mol. The van der Waals surface area contributed by atoms with Gasteiger partial charge in [0.15, 0.2) is 0 Å². The molecule has 1 fully saturated rings. The van der Waals surface area contributed by atoms with Crippen molar-refractivity contribution in [3.63, 3.8) is 0 Å². The third-order valence-electron chi connectivity index (χ3n) is 4.27. The smallest absolute Gasteiger partial charge is 0.207 e. The third kappa shape index (κ3) is 3.24. The van der Waals surface area contributed by atoms with Crippen LogP contribution in [0.2, 0.25) is 5.02 Å². The van der Waals surface area contributed by atoms with E-state index in [-0.39, 0.29) is 0 Å². The Hall–Kier alpha value is -1.48. The summed E-state index contributed by atoms with van der Waals surface area (Å²) in [7, 11) is 0. The van der Waals surface area contributed by atoms with Crippen molar-refractivity contribution in [2.75, 3.05) is 5.32 Å². The lowest BCUT2D eigenvalue weighted by Crippen LogP contribution is -2.14. The molecule has 1 aromatic carbocycles. The second-order valence-electron chi connectivity index (χ2n) is 5.99. The molecule has 0 atom stereocenters. The number of aromatic nitrogens is 2. The molecule has 0 spiro atoms. The highest BCUT2D eigenvalue weighted by Crippen LogP contribution is 2.32. The third-order valence-corrected chi connectivity index (χ3v) is 4.50. The van der Waals surface area contributed by atoms with E-state index in [1.54, 1.807) is 0 Å². The summed E-state index contributed by atoms with van der Waals surface area (Å²) in [6.45, 7) is 4.13. The topological polar surface area (TPSA) is 29.9 Å². The largest absolute Gasteiger partial charge is 0.325 e. The van der Waals surface area contributed by atoms with Crippen molar-refractivity contribution < 1.29 is 0 Å². The van der Waals surface area contributed by atoms with E-state index in [1.807, 2.05) is 18.2 Å². The van der Waals surface area contributed by atoms with E-state index in [4.69, 9.17) is 11.6 Å². The first-order valence-corrected chi connectivity index (χ1v) is 8.10. The number of rotatable bonds is 3. The Kier molecular flexibility index (Phi) is 4.20. The molecule has 21 heavy (non-hydrogen) atoms. The molecule has 0 radical (unpaired) electrons. The van der Waals surface area contributed by atoms with Crippen LogP contribution in [-0.2, 0) is 0 Å². The minimum absolute atomic E-state index is 0.571. The van der Waals surface area contributed by atoms with E-state index in [9.17, 15) is 0 Å². The number of hydrogen-bond donors (Lipinski definition) is 1. The van der Waals surface area contributed by atoms with E-state index in [0.29, 0.717) is 6.04 Å². The number of nitrogens with one attached hydrogen (secondary N) is 1. The summed E-state index contributed by atoms with van der Waals surface area (Å²) in [5.74, 6) is 0.935. The summed E-state index contributed by atoms with van der Waals surface area (Å²) in [6, 6.07) is 6.49. The van der Waals surface area contributed by atoms with Crippen LogP contribution in [0.3, 0.4) is 0 Å². The van der Waals surface area contributed by atoms with E-state index in [1.165, 1.54) is 37.7 Å². The summed E-state index contributed by atoms with van der Waals surface area (Å²) >= 11 is 6.11. The van der Waals surface area contributed by atoms with Crippen molar-refractivity contribution >= 4 is 23.2 Å². The van der Waals surface area contributed by atoms with Crippen molar-refractivity contribution in [1.29, 1.82) is 0 Å². The first-order valence-electron chi connectivity index (χ1n) is 7.72. The fourth-order valence-electron chi connectivity index (χ4n) is 3.10. The number of benzene rings is 1. The molecule has 0 saturated heterocycles. The number of nitrogens with zero attached hydrogens (tertiary/aromatic N) is 2. The molecule has 1 aliphatic rings. The fraction of sp³-hybridized carbons (Fsp3) is 0.471. The normalized spacial score (nSPS) is 16.1. The second kappa shape index (κ2) is 6.10. The van der Waals surface area contributed by atoms with Crippen LogP contribution in [-0.4, -0.2) is 9.55 Å². The Balaban J connectivity index is 1.89. The van der Waals surface area contributed by atoms with Gasteiger partial charge >= 0.3 is 0 Å². The van der Waals surface area contributed by atoms with Crippen molar-refractivity contribution in [2.24, 2.45) is 0 Å². The monoisotopic (exact) mass is 303 g/mol. The molecule has 3 nitrogen and oxygen atoms in total. The van der Waals surface area contributed by atoms with Crippen molar-refractivity contribution in [3.05, 3.63) is 40.7 Å². The summed E-state index contributed by atoms with van der Waals surface area (Å²) < 4.78 is 2.31. The Morgan fingerprint density at radius 3 is 2.71 bits per heavy atom. The highest BCUT2D eigenvalue weighted by Gasteiger charge is 2.19. The molecule has 3 rings (SSSR count). The van der Waals surface area contributed by atoms with Crippen LogP contribution in [0.4, 0.5) is 11.6 Å². The summed E-state index contributed by atoms with van der Waals surface area (Å²) in [5.41, 5.74) is 3.27. The molecule has 1 N–H and O–H groups in total. The minimum Gasteiger partial charge on any atom is -0.325 e. The number of aryl methyl sites for hydroxylation is 2. The van der Waals surface area contributed by atoms with Gasteiger partial charge in [-0.1, -0.05) is 36.9 Å². The number of anilines is 2. The van der Waals surface area contributed by atoms with Gasteiger partial charge in [-0.25, -0.2) is 4.98 Å². The fourth-order valence-corrected chi connectivity index (χ4v) is 3.27. The quantitative estimate of drug-likeness (QED) is 0.822. The molecule has 112 valence electrons.